The van der Waals surface area contributed by atoms with Crippen molar-refractivity contribution in [1.82, 2.24) is 0 Å². The molecule has 140 valence electrons. The fourth-order valence-corrected chi connectivity index (χ4v) is 2.79. The third kappa shape index (κ3) is 6.61. The Balaban J connectivity index is 2.05. The molecule has 0 saturated heterocycles. The molecule has 2 aromatic carbocycles. The Hall–Kier alpha value is -2.79. The van der Waals surface area contributed by atoms with Crippen molar-refractivity contribution in [3.8, 4) is 11.5 Å². The first kappa shape index (κ1) is 19.5. The maximum atomic E-state index is 12.1. The van der Waals surface area contributed by atoms with Crippen LogP contribution in [0.4, 0.5) is 16.2 Å². The molecule has 0 bridgehead atoms. The smallest absolute Gasteiger partial charge is 0.323 e. The van der Waals surface area contributed by atoms with Gasteiger partial charge in [-0.2, -0.15) is 16.8 Å². The maximum absolute atomic E-state index is 12.1. The van der Waals surface area contributed by atoms with Gasteiger partial charge in [0.1, 0.15) is 5.75 Å². The van der Waals surface area contributed by atoms with Crippen LogP contribution in [0.3, 0.4) is 0 Å². The topological polar surface area (TPSA) is 128 Å². The largest absolute Gasteiger partial charge is 0.383 e. The highest BCUT2D eigenvalue weighted by molar-refractivity contribution is 7.86. The van der Waals surface area contributed by atoms with E-state index in [9.17, 15) is 21.6 Å². The van der Waals surface area contributed by atoms with E-state index in [1.54, 1.807) is 12.1 Å². The quantitative estimate of drug-likeness (QED) is 0.710. The summed E-state index contributed by atoms with van der Waals surface area (Å²) in [5.41, 5.74) is 0.525. The van der Waals surface area contributed by atoms with Gasteiger partial charge < -0.3 is 19.0 Å². The number of anilines is 2. The Kier molecular flexibility index (Phi) is 5.73. The summed E-state index contributed by atoms with van der Waals surface area (Å²) < 4.78 is 54.1. The second-order valence-corrected chi connectivity index (χ2v) is 8.32. The van der Waals surface area contributed by atoms with E-state index < -0.39 is 26.3 Å². The Bertz CT molecular complexity index is 1000. The average molecular weight is 400 g/mol. The number of carbonyl (C=O) groups is 1. The fourth-order valence-electron chi connectivity index (χ4n) is 1.86. The second kappa shape index (κ2) is 7.62. The Morgan fingerprint density at radius 1 is 0.808 bits per heavy atom. The van der Waals surface area contributed by atoms with Crippen molar-refractivity contribution in [3.63, 3.8) is 0 Å². The summed E-state index contributed by atoms with van der Waals surface area (Å²) >= 11 is 0. The molecule has 0 radical (unpaired) electrons. The number of urea groups is 1. The van der Waals surface area contributed by atoms with Gasteiger partial charge >= 0.3 is 26.3 Å². The van der Waals surface area contributed by atoms with Gasteiger partial charge in [0.25, 0.3) is 0 Å². The summed E-state index contributed by atoms with van der Waals surface area (Å²) in [5, 5.41) is 4.98. The summed E-state index contributed by atoms with van der Waals surface area (Å²) in [7, 11) is -7.39. The summed E-state index contributed by atoms with van der Waals surface area (Å²) in [6.45, 7) is 0. The van der Waals surface area contributed by atoms with Gasteiger partial charge in [0.2, 0.25) is 0 Å². The zero-order valence-electron chi connectivity index (χ0n) is 13.8. The molecule has 11 heteroatoms. The lowest BCUT2D eigenvalue weighted by Crippen LogP contribution is -2.20. The number of hydrogen-bond donors (Lipinski definition) is 2. The van der Waals surface area contributed by atoms with Crippen LogP contribution in [0.15, 0.2) is 48.5 Å². The number of amides is 2. The number of benzene rings is 2. The molecule has 0 spiro atoms. The predicted molar refractivity (Wildman–Crippen MR) is 96.5 cm³/mol. The molecule has 2 N–H and O–H groups in total. The van der Waals surface area contributed by atoms with Crippen LogP contribution in [0, 0.1) is 0 Å². The van der Waals surface area contributed by atoms with E-state index in [2.05, 4.69) is 14.8 Å². The molecule has 0 aliphatic rings. The zero-order chi connectivity index (χ0) is 19.4. The van der Waals surface area contributed by atoms with Gasteiger partial charge in [0, 0.05) is 5.69 Å². The zero-order valence-corrected chi connectivity index (χ0v) is 15.4. The van der Waals surface area contributed by atoms with Crippen LogP contribution < -0.4 is 19.0 Å². The van der Waals surface area contributed by atoms with Crippen LogP contribution in [-0.4, -0.2) is 35.4 Å². The second-order valence-electron chi connectivity index (χ2n) is 5.17. The number of nitrogens with one attached hydrogen (secondary N) is 2. The summed E-state index contributed by atoms with van der Waals surface area (Å²) in [4.78, 5) is 12.1. The summed E-state index contributed by atoms with van der Waals surface area (Å²) in [6.07, 6.45) is 1.81. The van der Waals surface area contributed by atoms with Crippen LogP contribution in [0.5, 0.6) is 11.5 Å². The molecule has 0 unspecified atom stereocenters. The average Bonchev–Trinajstić information content (AvgIpc) is 2.48. The molecular formula is C15H16N2O7S2. The normalized spacial score (nSPS) is 11.5. The van der Waals surface area contributed by atoms with Gasteiger partial charge in [-0.1, -0.05) is 12.1 Å². The Morgan fingerprint density at radius 3 is 1.96 bits per heavy atom. The van der Waals surface area contributed by atoms with E-state index in [-0.39, 0.29) is 17.2 Å². The standard InChI is InChI=1S/C15H16N2O7S2/c1-25(19,20)23-12-9-7-11(8-10-12)16-15(18)17-13-5-3-4-6-14(13)24-26(2,21)22/h3-10H,1-2H3,(H2,16,17,18). The molecule has 0 aromatic heterocycles. The van der Waals surface area contributed by atoms with Crippen LogP contribution >= 0.6 is 0 Å². The molecule has 0 aliphatic carbocycles. The first-order valence-corrected chi connectivity index (χ1v) is 10.7. The van der Waals surface area contributed by atoms with E-state index in [1.807, 2.05) is 0 Å². The van der Waals surface area contributed by atoms with Crippen molar-refractivity contribution in [3.05, 3.63) is 48.5 Å². The van der Waals surface area contributed by atoms with E-state index in [0.29, 0.717) is 5.69 Å². The third-order valence-electron chi connectivity index (χ3n) is 2.74. The van der Waals surface area contributed by atoms with Crippen LogP contribution in [-0.2, 0) is 20.2 Å². The van der Waals surface area contributed by atoms with E-state index in [4.69, 9.17) is 4.18 Å². The molecule has 2 rings (SSSR count). The molecule has 0 heterocycles. The molecule has 9 nitrogen and oxygen atoms in total. The molecule has 0 fully saturated rings. The van der Waals surface area contributed by atoms with Gasteiger partial charge in [0.05, 0.1) is 18.2 Å². The van der Waals surface area contributed by atoms with Crippen molar-refractivity contribution in [2.24, 2.45) is 0 Å². The highest BCUT2D eigenvalue weighted by Gasteiger charge is 2.12. The Morgan fingerprint density at radius 2 is 1.38 bits per heavy atom. The summed E-state index contributed by atoms with van der Waals surface area (Å²) in [6, 6.07) is 11.0. The molecule has 26 heavy (non-hydrogen) atoms. The third-order valence-corrected chi connectivity index (χ3v) is 3.71. The lowest BCUT2D eigenvalue weighted by Gasteiger charge is -2.12. The molecule has 0 saturated carbocycles. The maximum Gasteiger partial charge on any atom is 0.323 e. The van der Waals surface area contributed by atoms with Gasteiger partial charge in [-0.25, -0.2) is 4.79 Å². The van der Waals surface area contributed by atoms with Crippen molar-refractivity contribution in [1.29, 1.82) is 0 Å². The minimum Gasteiger partial charge on any atom is -0.383 e. The monoisotopic (exact) mass is 400 g/mol. The number of rotatable bonds is 6. The number of hydrogen-bond acceptors (Lipinski definition) is 7. The van der Waals surface area contributed by atoms with Crippen LogP contribution in [0.2, 0.25) is 0 Å². The van der Waals surface area contributed by atoms with Crippen molar-refractivity contribution in [2.75, 3.05) is 23.1 Å². The lowest BCUT2D eigenvalue weighted by atomic mass is 10.3. The van der Waals surface area contributed by atoms with Crippen LogP contribution in [0.25, 0.3) is 0 Å². The van der Waals surface area contributed by atoms with E-state index in [1.165, 1.54) is 36.4 Å². The molecule has 2 amide bonds. The van der Waals surface area contributed by atoms with Gasteiger partial charge in [-0.05, 0) is 36.4 Å². The highest BCUT2D eigenvalue weighted by atomic mass is 32.2. The minimum absolute atomic E-state index is 0.0259. The van der Waals surface area contributed by atoms with Crippen molar-refractivity contribution >= 4 is 37.6 Å². The Labute approximate surface area is 151 Å². The first-order chi connectivity index (χ1) is 12.0. The number of carbonyl (C=O) groups excluding carboxylic acids is 1. The lowest BCUT2D eigenvalue weighted by molar-refractivity contribution is 0.262. The SMILES string of the molecule is CS(=O)(=O)Oc1ccc(NC(=O)Nc2ccccc2OS(C)(=O)=O)cc1. The van der Waals surface area contributed by atoms with Gasteiger partial charge in [-0.15, -0.1) is 0 Å². The molecule has 2 aromatic rings. The molecule has 0 aliphatic heterocycles. The van der Waals surface area contributed by atoms with E-state index >= 15 is 0 Å². The minimum atomic E-state index is -3.75. The summed E-state index contributed by atoms with van der Waals surface area (Å²) in [5.74, 6) is 0.0763. The van der Waals surface area contributed by atoms with Crippen LogP contribution in [0.1, 0.15) is 0 Å². The molecule has 0 atom stereocenters. The number of para-hydroxylation sites is 2. The fraction of sp³-hybridized carbons (Fsp3) is 0.133. The van der Waals surface area contributed by atoms with Crippen molar-refractivity contribution < 1.29 is 30.0 Å². The van der Waals surface area contributed by atoms with Gasteiger partial charge in [-0.3, -0.25) is 0 Å². The van der Waals surface area contributed by atoms with Gasteiger partial charge in [0.15, 0.2) is 5.75 Å². The van der Waals surface area contributed by atoms with Crippen molar-refractivity contribution in [2.45, 2.75) is 0 Å². The molecular weight excluding hydrogens is 384 g/mol. The predicted octanol–water partition coefficient (Wildman–Crippen LogP) is 2.01. The highest BCUT2D eigenvalue weighted by Crippen LogP contribution is 2.25. The first-order valence-electron chi connectivity index (χ1n) is 7.08. The van der Waals surface area contributed by atoms with E-state index in [0.717, 1.165) is 12.5 Å².